The molecule has 0 aliphatic heterocycles. The van der Waals surface area contributed by atoms with Crippen LogP contribution in [0.4, 0.5) is 34.1 Å². The van der Waals surface area contributed by atoms with Gasteiger partial charge in [-0.25, -0.2) is 0 Å². The summed E-state index contributed by atoms with van der Waals surface area (Å²) in [6.45, 7) is 0. The van der Waals surface area contributed by atoms with Gasteiger partial charge >= 0.3 is 0 Å². The average molecular weight is 793 g/mol. The summed E-state index contributed by atoms with van der Waals surface area (Å²) >= 11 is 0. The third-order valence-electron chi connectivity index (χ3n) is 12.6. The Morgan fingerprint density at radius 3 is 1.52 bits per heavy atom. The Bertz CT molecular complexity index is 3870. The second-order valence-electron chi connectivity index (χ2n) is 16.0. The minimum atomic E-state index is 0.870. The lowest BCUT2D eigenvalue weighted by Gasteiger charge is -2.26. The summed E-state index contributed by atoms with van der Waals surface area (Å²) in [6, 6.07) is 78.0. The zero-order chi connectivity index (χ0) is 40.7. The molecule has 0 radical (unpaired) electrons. The highest BCUT2D eigenvalue weighted by Crippen LogP contribution is 2.46. The van der Waals surface area contributed by atoms with Crippen LogP contribution in [-0.4, -0.2) is 0 Å². The van der Waals surface area contributed by atoms with Crippen LogP contribution in [0.2, 0.25) is 0 Å². The van der Waals surface area contributed by atoms with Crippen LogP contribution in [0.5, 0.6) is 0 Å². The molecule has 2 heterocycles. The van der Waals surface area contributed by atoms with Gasteiger partial charge in [0.05, 0.1) is 5.69 Å². The summed E-state index contributed by atoms with van der Waals surface area (Å²) in [6.07, 6.45) is 0. The fraction of sp³-hybridized carbons (Fsp3) is 0. The number of furan rings is 2. The van der Waals surface area contributed by atoms with Crippen molar-refractivity contribution >= 4 is 121 Å². The molecule has 0 bridgehead atoms. The summed E-state index contributed by atoms with van der Waals surface area (Å²) in [5.74, 6) is 0. The third kappa shape index (κ3) is 5.27. The van der Waals surface area contributed by atoms with Crippen LogP contribution in [0, 0.1) is 0 Å². The molecule has 0 saturated heterocycles. The molecule has 0 aliphatic rings. The standard InChI is InChI=1S/C58H36N2O2/c1-3-14-38(15-4-1)59(42-29-33-56-52(36-42)47-20-10-11-24-54(47)61-56)41-28-32-45-49-30-26-37-34-40(27-31-43(37)57(49)48-21-8-7-18-44(48)51(45)35-41)60(39-16-5-2-6-17-39)53-23-13-22-50-46-19-9-12-25-55(46)62-58(50)53/h1-36H. The normalized spacial score (nSPS) is 11.9. The Hall–Kier alpha value is -8.34. The highest BCUT2D eigenvalue weighted by atomic mass is 16.3. The predicted octanol–water partition coefficient (Wildman–Crippen LogP) is 17.0. The molecule has 0 spiro atoms. The van der Waals surface area contributed by atoms with Gasteiger partial charge in [0.2, 0.25) is 0 Å². The summed E-state index contributed by atoms with van der Waals surface area (Å²) in [7, 11) is 0. The number of benzene rings is 11. The molecule has 62 heavy (non-hydrogen) atoms. The molecule has 2 aromatic heterocycles. The van der Waals surface area contributed by atoms with Crippen molar-refractivity contribution in [2.75, 3.05) is 9.80 Å². The molecule has 13 rings (SSSR count). The van der Waals surface area contributed by atoms with Crippen LogP contribution < -0.4 is 9.80 Å². The Labute approximate surface area is 356 Å². The number of hydrogen-bond donors (Lipinski definition) is 0. The Morgan fingerprint density at radius 2 is 0.758 bits per heavy atom. The van der Waals surface area contributed by atoms with Gasteiger partial charge in [-0.2, -0.15) is 0 Å². The quantitative estimate of drug-likeness (QED) is 0.157. The van der Waals surface area contributed by atoms with Gasteiger partial charge in [-0.15, -0.1) is 0 Å². The van der Waals surface area contributed by atoms with E-state index in [0.717, 1.165) is 78.0 Å². The van der Waals surface area contributed by atoms with Gasteiger partial charge in [-0.3, -0.25) is 0 Å². The van der Waals surface area contributed by atoms with Crippen LogP contribution >= 0.6 is 0 Å². The van der Waals surface area contributed by atoms with Crippen molar-refractivity contribution < 1.29 is 8.83 Å². The molecular formula is C58H36N2O2. The van der Waals surface area contributed by atoms with E-state index >= 15 is 0 Å². The minimum absolute atomic E-state index is 0.870. The zero-order valence-corrected chi connectivity index (χ0v) is 33.5. The summed E-state index contributed by atoms with van der Waals surface area (Å²) in [4.78, 5) is 4.67. The van der Waals surface area contributed by atoms with E-state index in [9.17, 15) is 0 Å². The lowest BCUT2D eigenvalue weighted by atomic mass is 9.90. The highest BCUT2D eigenvalue weighted by Gasteiger charge is 2.21. The monoisotopic (exact) mass is 792 g/mol. The Kier molecular flexibility index (Phi) is 7.57. The number of para-hydroxylation sites is 5. The summed E-state index contributed by atoms with van der Waals surface area (Å²) in [5, 5.41) is 14.2. The van der Waals surface area contributed by atoms with Gasteiger partial charge < -0.3 is 18.6 Å². The van der Waals surface area contributed by atoms with E-state index in [1.165, 1.54) is 43.1 Å². The molecule has 0 aliphatic carbocycles. The molecule has 11 aromatic carbocycles. The molecule has 0 unspecified atom stereocenters. The highest BCUT2D eigenvalue weighted by molar-refractivity contribution is 6.32. The average Bonchev–Trinajstić information content (AvgIpc) is 3.91. The summed E-state index contributed by atoms with van der Waals surface area (Å²) in [5.41, 5.74) is 9.91. The number of nitrogens with zero attached hydrogens (tertiary/aromatic N) is 2. The first-order valence-electron chi connectivity index (χ1n) is 21.1. The molecule has 13 aromatic rings. The molecule has 4 heteroatoms. The predicted molar refractivity (Wildman–Crippen MR) is 260 cm³/mol. The first-order valence-corrected chi connectivity index (χ1v) is 21.1. The van der Waals surface area contributed by atoms with E-state index in [1.807, 2.05) is 24.3 Å². The van der Waals surface area contributed by atoms with Crippen molar-refractivity contribution in [1.82, 2.24) is 0 Å². The van der Waals surface area contributed by atoms with Crippen molar-refractivity contribution in [2.24, 2.45) is 0 Å². The summed E-state index contributed by atoms with van der Waals surface area (Å²) < 4.78 is 12.8. The van der Waals surface area contributed by atoms with Crippen LogP contribution in [0.15, 0.2) is 227 Å². The van der Waals surface area contributed by atoms with Crippen LogP contribution in [0.1, 0.15) is 0 Å². The molecule has 0 amide bonds. The van der Waals surface area contributed by atoms with Gasteiger partial charge in [-0.05, 0) is 128 Å². The minimum Gasteiger partial charge on any atom is -0.456 e. The van der Waals surface area contributed by atoms with Gasteiger partial charge in [-0.1, -0.05) is 133 Å². The van der Waals surface area contributed by atoms with Gasteiger partial charge in [0, 0.05) is 50.0 Å². The molecular weight excluding hydrogens is 757 g/mol. The fourth-order valence-corrected chi connectivity index (χ4v) is 9.83. The largest absolute Gasteiger partial charge is 0.456 e. The Balaban J connectivity index is 0.996. The van der Waals surface area contributed by atoms with E-state index in [1.54, 1.807) is 0 Å². The number of rotatable bonds is 6. The molecule has 0 saturated carbocycles. The number of anilines is 6. The van der Waals surface area contributed by atoms with Crippen LogP contribution in [0.25, 0.3) is 87.0 Å². The lowest BCUT2D eigenvalue weighted by molar-refractivity contribution is 0.668. The number of hydrogen-bond acceptors (Lipinski definition) is 4. The maximum Gasteiger partial charge on any atom is 0.159 e. The van der Waals surface area contributed by atoms with Crippen molar-refractivity contribution in [3.63, 3.8) is 0 Å². The Morgan fingerprint density at radius 1 is 0.258 bits per heavy atom. The molecule has 4 nitrogen and oxygen atoms in total. The van der Waals surface area contributed by atoms with Gasteiger partial charge in [0.15, 0.2) is 5.58 Å². The van der Waals surface area contributed by atoms with Crippen molar-refractivity contribution in [3.05, 3.63) is 218 Å². The first kappa shape index (κ1) is 34.5. The van der Waals surface area contributed by atoms with Crippen LogP contribution in [-0.2, 0) is 0 Å². The maximum absolute atomic E-state index is 6.60. The fourth-order valence-electron chi connectivity index (χ4n) is 9.83. The maximum atomic E-state index is 6.60. The lowest BCUT2D eigenvalue weighted by Crippen LogP contribution is -2.10. The molecule has 0 N–H and O–H groups in total. The SMILES string of the molecule is c1ccc(N(c2ccc3oc4ccccc4c3c2)c2ccc3c(c2)c2ccccc2c2c4ccc(N(c5ccccc5)c5cccc6c5oc5ccccc56)cc4ccc32)cc1. The zero-order valence-electron chi connectivity index (χ0n) is 33.5. The van der Waals surface area contributed by atoms with E-state index in [2.05, 4.69) is 204 Å². The van der Waals surface area contributed by atoms with Crippen LogP contribution in [0.3, 0.4) is 0 Å². The van der Waals surface area contributed by atoms with Crippen molar-refractivity contribution in [1.29, 1.82) is 0 Å². The molecule has 0 atom stereocenters. The van der Waals surface area contributed by atoms with Gasteiger partial charge in [0.25, 0.3) is 0 Å². The van der Waals surface area contributed by atoms with E-state index in [4.69, 9.17) is 8.83 Å². The second-order valence-corrected chi connectivity index (χ2v) is 16.0. The smallest absolute Gasteiger partial charge is 0.159 e. The molecule has 0 fully saturated rings. The molecule has 290 valence electrons. The number of fused-ring (bicyclic) bond motifs is 14. The van der Waals surface area contributed by atoms with Gasteiger partial charge in [0.1, 0.15) is 16.7 Å². The first-order chi connectivity index (χ1) is 30.7. The van der Waals surface area contributed by atoms with Crippen molar-refractivity contribution in [3.8, 4) is 0 Å². The van der Waals surface area contributed by atoms with Crippen molar-refractivity contribution in [2.45, 2.75) is 0 Å². The third-order valence-corrected chi connectivity index (χ3v) is 12.6. The second kappa shape index (κ2) is 13.6. The van der Waals surface area contributed by atoms with E-state index in [0.29, 0.717) is 0 Å². The van der Waals surface area contributed by atoms with E-state index < -0.39 is 0 Å². The topological polar surface area (TPSA) is 32.8 Å². The van der Waals surface area contributed by atoms with E-state index in [-0.39, 0.29) is 0 Å².